The highest BCUT2D eigenvalue weighted by atomic mass is 16.7. The molecule has 0 aliphatic carbocycles. The van der Waals surface area contributed by atoms with Crippen LogP contribution in [0.4, 0.5) is 0 Å². The molecule has 4 nitrogen and oxygen atoms in total. The molecule has 0 aromatic rings. The Morgan fingerprint density at radius 2 is 2.15 bits per heavy atom. The fourth-order valence-electron chi connectivity index (χ4n) is 1.26. The largest absolute Gasteiger partial charge is 0.433 e. The Morgan fingerprint density at radius 3 is 2.69 bits per heavy atom. The summed E-state index contributed by atoms with van der Waals surface area (Å²) in [5, 5.41) is 9.75. The summed E-state index contributed by atoms with van der Waals surface area (Å²) in [6.07, 6.45) is 1.86. The van der Waals surface area contributed by atoms with E-state index in [-0.39, 0.29) is 5.97 Å². The van der Waals surface area contributed by atoms with Gasteiger partial charge in [-0.1, -0.05) is 6.92 Å². The molecular weight excluding hydrogens is 172 g/mol. The van der Waals surface area contributed by atoms with Gasteiger partial charge in [-0.25, -0.2) is 0 Å². The first-order valence-electron chi connectivity index (χ1n) is 4.68. The lowest BCUT2D eigenvalue weighted by Gasteiger charge is -2.31. The monoisotopic (exact) mass is 188 g/mol. The molecule has 0 aromatic heterocycles. The van der Waals surface area contributed by atoms with Crippen molar-refractivity contribution >= 4 is 5.97 Å². The van der Waals surface area contributed by atoms with E-state index in [2.05, 4.69) is 0 Å². The maximum absolute atomic E-state index is 11.1. The summed E-state index contributed by atoms with van der Waals surface area (Å²) >= 11 is 0. The van der Waals surface area contributed by atoms with E-state index in [1.807, 2.05) is 6.92 Å². The predicted octanol–water partition coefficient (Wildman–Crippen LogP) is 0.829. The molecule has 0 atom stereocenters. The second-order valence-corrected chi connectivity index (χ2v) is 3.28. The predicted molar refractivity (Wildman–Crippen MR) is 46.0 cm³/mol. The third-order valence-electron chi connectivity index (χ3n) is 2.03. The number of ether oxygens (including phenoxy) is 2. The summed E-state index contributed by atoms with van der Waals surface area (Å²) < 4.78 is 10.0. The summed E-state index contributed by atoms with van der Waals surface area (Å²) in [4.78, 5) is 11.1. The summed E-state index contributed by atoms with van der Waals surface area (Å²) in [7, 11) is 0. The smallest absolute Gasteiger partial charge is 0.308 e. The number of aliphatic hydroxyl groups is 1. The number of hydrogen-bond acceptors (Lipinski definition) is 4. The van der Waals surface area contributed by atoms with Crippen LogP contribution in [0, 0.1) is 0 Å². The van der Waals surface area contributed by atoms with Crippen molar-refractivity contribution in [3.63, 3.8) is 0 Å². The summed E-state index contributed by atoms with van der Waals surface area (Å²) in [5.74, 6) is -1.60. The fourth-order valence-corrected chi connectivity index (χ4v) is 1.26. The van der Waals surface area contributed by atoms with Gasteiger partial charge in [0.15, 0.2) is 0 Å². The molecule has 0 bridgehead atoms. The first kappa shape index (κ1) is 10.5. The average Bonchev–Trinajstić information content (AvgIpc) is 2.04. The molecule has 1 N–H and O–H groups in total. The zero-order valence-electron chi connectivity index (χ0n) is 7.91. The summed E-state index contributed by atoms with van der Waals surface area (Å²) in [6, 6.07) is 0. The van der Waals surface area contributed by atoms with Gasteiger partial charge in [0.2, 0.25) is 5.79 Å². The molecule has 4 heteroatoms. The van der Waals surface area contributed by atoms with Crippen molar-refractivity contribution in [1.29, 1.82) is 0 Å². The van der Waals surface area contributed by atoms with Crippen molar-refractivity contribution in [3.8, 4) is 0 Å². The van der Waals surface area contributed by atoms with Gasteiger partial charge in [-0.05, 0) is 6.42 Å². The molecule has 13 heavy (non-hydrogen) atoms. The number of rotatable bonds is 3. The van der Waals surface area contributed by atoms with Crippen LogP contribution in [0.3, 0.4) is 0 Å². The number of carbonyl (C=O) groups is 1. The van der Waals surface area contributed by atoms with Crippen molar-refractivity contribution in [3.05, 3.63) is 0 Å². The van der Waals surface area contributed by atoms with E-state index in [4.69, 9.17) is 9.47 Å². The number of esters is 1. The van der Waals surface area contributed by atoms with Crippen LogP contribution in [0.25, 0.3) is 0 Å². The van der Waals surface area contributed by atoms with E-state index in [1.165, 1.54) is 0 Å². The van der Waals surface area contributed by atoms with Crippen LogP contribution < -0.4 is 0 Å². The van der Waals surface area contributed by atoms with E-state index < -0.39 is 5.79 Å². The highest BCUT2D eigenvalue weighted by Crippen LogP contribution is 2.22. The lowest BCUT2D eigenvalue weighted by molar-refractivity contribution is -0.234. The molecule has 1 rings (SSSR count). The van der Waals surface area contributed by atoms with Crippen LogP contribution in [0.5, 0.6) is 0 Å². The quantitative estimate of drug-likeness (QED) is 0.526. The zero-order chi connectivity index (χ0) is 9.73. The zero-order valence-corrected chi connectivity index (χ0v) is 7.91. The number of carbonyl (C=O) groups excluding carboxylic acids is 1. The lowest BCUT2D eigenvalue weighted by Crippen LogP contribution is -2.40. The van der Waals surface area contributed by atoms with Gasteiger partial charge in [0, 0.05) is 19.3 Å². The van der Waals surface area contributed by atoms with Gasteiger partial charge in [0.1, 0.15) is 0 Å². The van der Waals surface area contributed by atoms with Crippen molar-refractivity contribution in [2.45, 2.75) is 38.4 Å². The first-order chi connectivity index (χ1) is 6.16. The molecule has 0 aromatic carbocycles. The Kier molecular flexibility index (Phi) is 3.69. The summed E-state index contributed by atoms with van der Waals surface area (Å²) in [6.45, 7) is 2.81. The molecule has 1 fully saturated rings. The fraction of sp³-hybridized carbons (Fsp3) is 0.889. The maximum Gasteiger partial charge on any atom is 0.308 e. The van der Waals surface area contributed by atoms with E-state index >= 15 is 0 Å². The third kappa shape index (κ3) is 3.32. The van der Waals surface area contributed by atoms with Crippen molar-refractivity contribution in [1.82, 2.24) is 0 Å². The van der Waals surface area contributed by atoms with E-state index in [0.717, 1.165) is 6.42 Å². The molecule has 1 saturated heterocycles. The number of hydrogen-bond donors (Lipinski definition) is 1. The van der Waals surface area contributed by atoms with Gasteiger partial charge < -0.3 is 14.6 Å². The van der Waals surface area contributed by atoms with Crippen molar-refractivity contribution < 1.29 is 19.4 Å². The van der Waals surface area contributed by atoms with Gasteiger partial charge in [0.05, 0.1) is 13.2 Å². The standard InChI is InChI=1S/C9H16O4/c1-2-3-8(10)13-9(11)4-6-12-7-5-9/h11H,2-7H2,1H3. The Morgan fingerprint density at radius 1 is 1.54 bits per heavy atom. The maximum atomic E-state index is 11.1. The molecule has 1 aliphatic rings. The molecule has 0 unspecified atom stereocenters. The van der Waals surface area contributed by atoms with Gasteiger partial charge in [-0.15, -0.1) is 0 Å². The van der Waals surface area contributed by atoms with E-state index in [1.54, 1.807) is 0 Å². The highest BCUT2D eigenvalue weighted by Gasteiger charge is 2.33. The molecular formula is C9H16O4. The third-order valence-corrected chi connectivity index (χ3v) is 2.03. The SMILES string of the molecule is CCCC(=O)OC1(O)CCOCC1. The normalized spacial score (nSPS) is 21.1. The van der Waals surface area contributed by atoms with Crippen LogP contribution in [0.2, 0.25) is 0 Å². The van der Waals surface area contributed by atoms with E-state index in [0.29, 0.717) is 32.5 Å². The summed E-state index contributed by atoms with van der Waals surface area (Å²) in [5.41, 5.74) is 0. The van der Waals surface area contributed by atoms with Crippen LogP contribution >= 0.6 is 0 Å². The van der Waals surface area contributed by atoms with Crippen LogP contribution in [-0.4, -0.2) is 30.1 Å². The molecule has 0 spiro atoms. The molecule has 0 amide bonds. The Bertz CT molecular complexity index is 172. The second-order valence-electron chi connectivity index (χ2n) is 3.28. The van der Waals surface area contributed by atoms with Crippen molar-refractivity contribution in [2.24, 2.45) is 0 Å². The first-order valence-corrected chi connectivity index (χ1v) is 4.68. The molecule has 1 aliphatic heterocycles. The Balaban J connectivity index is 2.36. The van der Waals surface area contributed by atoms with Crippen LogP contribution in [0.1, 0.15) is 32.6 Å². The Labute approximate surface area is 77.8 Å². The molecule has 1 heterocycles. The minimum Gasteiger partial charge on any atom is -0.433 e. The lowest BCUT2D eigenvalue weighted by atomic mass is 10.1. The minimum absolute atomic E-state index is 0.327. The highest BCUT2D eigenvalue weighted by molar-refractivity contribution is 5.69. The van der Waals surface area contributed by atoms with Crippen LogP contribution in [-0.2, 0) is 14.3 Å². The Hall–Kier alpha value is -0.610. The van der Waals surface area contributed by atoms with Crippen LogP contribution in [0.15, 0.2) is 0 Å². The second kappa shape index (κ2) is 4.58. The van der Waals surface area contributed by atoms with Crippen molar-refractivity contribution in [2.75, 3.05) is 13.2 Å². The van der Waals surface area contributed by atoms with Gasteiger partial charge in [-0.3, -0.25) is 4.79 Å². The van der Waals surface area contributed by atoms with Gasteiger partial charge >= 0.3 is 5.97 Å². The molecule has 76 valence electrons. The van der Waals surface area contributed by atoms with E-state index in [9.17, 15) is 9.90 Å². The topological polar surface area (TPSA) is 55.8 Å². The minimum atomic E-state index is -1.27. The molecule has 0 saturated carbocycles. The average molecular weight is 188 g/mol. The van der Waals surface area contributed by atoms with Gasteiger partial charge in [0.25, 0.3) is 0 Å². The molecule has 0 radical (unpaired) electrons. The van der Waals surface area contributed by atoms with Gasteiger partial charge in [-0.2, -0.15) is 0 Å².